The average Bonchev–Trinajstić information content (AvgIpc) is 2.87. The third kappa shape index (κ3) is 7.34. The maximum absolute atomic E-state index is 13.8. The fourth-order valence-corrected chi connectivity index (χ4v) is 5.47. The van der Waals surface area contributed by atoms with E-state index in [2.05, 4.69) is 21.2 Å². The van der Waals surface area contributed by atoms with Crippen LogP contribution in [-0.2, 0) is 26.2 Å². The summed E-state index contributed by atoms with van der Waals surface area (Å²) >= 11 is 9.38. The van der Waals surface area contributed by atoms with Crippen LogP contribution in [0.4, 0.5) is 5.69 Å². The minimum atomic E-state index is -4.09. The van der Waals surface area contributed by atoms with Crippen molar-refractivity contribution in [1.29, 1.82) is 0 Å². The lowest BCUT2D eigenvalue weighted by molar-refractivity contribution is -0.139. The van der Waals surface area contributed by atoms with E-state index in [1.54, 1.807) is 74.5 Å². The van der Waals surface area contributed by atoms with Crippen molar-refractivity contribution in [2.75, 3.05) is 17.4 Å². The maximum atomic E-state index is 13.8. The molecule has 10 heteroatoms. The van der Waals surface area contributed by atoms with Crippen LogP contribution in [0.2, 0.25) is 5.02 Å². The molecule has 3 aromatic rings. The third-order valence-electron chi connectivity index (χ3n) is 5.79. The first kappa shape index (κ1) is 28.7. The number of nitrogens with zero attached hydrogens (tertiary/aromatic N) is 2. The van der Waals surface area contributed by atoms with Crippen LogP contribution in [0.25, 0.3) is 0 Å². The highest BCUT2D eigenvalue weighted by molar-refractivity contribution is 9.10. The molecule has 0 radical (unpaired) electrons. The Balaban J connectivity index is 2.01. The van der Waals surface area contributed by atoms with Crippen LogP contribution in [0.15, 0.2) is 82.2 Å². The van der Waals surface area contributed by atoms with E-state index in [9.17, 15) is 18.0 Å². The zero-order chi connectivity index (χ0) is 27.2. The Kier molecular flexibility index (Phi) is 9.75. The zero-order valence-electron chi connectivity index (χ0n) is 20.8. The van der Waals surface area contributed by atoms with Crippen molar-refractivity contribution in [3.05, 3.63) is 93.4 Å². The molecule has 37 heavy (non-hydrogen) atoms. The molecule has 0 bridgehead atoms. The Bertz CT molecular complexity index is 1330. The number of aryl methyl sites for hydroxylation is 1. The number of hydrogen-bond donors (Lipinski definition) is 1. The summed E-state index contributed by atoms with van der Waals surface area (Å²) in [5.74, 6) is -0.853. The zero-order valence-corrected chi connectivity index (χ0v) is 24.0. The molecule has 0 aliphatic heterocycles. The SMILES string of the molecule is CCNC(=O)[C@H](C)N(Cc1ccc(Cl)cc1)C(=O)CN(c1ccc(Br)cc1)S(=O)(=O)c1ccc(C)cc1. The van der Waals surface area contributed by atoms with Gasteiger partial charge in [0.25, 0.3) is 10.0 Å². The van der Waals surface area contributed by atoms with E-state index < -0.39 is 28.5 Å². The van der Waals surface area contributed by atoms with Gasteiger partial charge < -0.3 is 10.2 Å². The second-order valence-electron chi connectivity index (χ2n) is 8.52. The second-order valence-corrected chi connectivity index (χ2v) is 11.7. The number of amides is 2. The van der Waals surface area contributed by atoms with Crippen LogP contribution >= 0.6 is 27.5 Å². The summed E-state index contributed by atoms with van der Waals surface area (Å²) in [6.45, 7) is 5.29. The summed E-state index contributed by atoms with van der Waals surface area (Å²) in [7, 11) is -4.09. The summed E-state index contributed by atoms with van der Waals surface area (Å²) in [6.07, 6.45) is 0. The highest BCUT2D eigenvalue weighted by Gasteiger charge is 2.32. The number of anilines is 1. The van der Waals surface area contributed by atoms with Gasteiger partial charge in [0.15, 0.2) is 0 Å². The quantitative estimate of drug-likeness (QED) is 0.346. The standard InChI is InChI=1S/C27H29BrClN3O4S/c1-4-30-27(34)20(3)31(17-21-7-11-23(29)12-8-21)26(33)18-32(24-13-9-22(28)10-14-24)37(35,36)25-15-5-19(2)6-16-25/h5-16,20H,4,17-18H2,1-3H3,(H,30,34)/t20-/m0/s1. The van der Waals surface area contributed by atoms with Crippen molar-refractivity contribution in [3.8, 4) is 0 Å². The van der Waals surface area contributed by atoms with Crippen LogP contribution in [0, 0.1) is 6.92 Å². The van der Waals surface area contributed by atoms with Gasteiger partial charge in [0.2, 0.25) is 11.8 Å². The molecule has 3 aromatic carbocycles. The van der Waals surface area contributed by atoms with Crippen molar-refractivity contribution in [3.63, 3.8) is 0 Å². The first-order chi connectivity index (χ1) is 17.5. The monoisotopic (exact) mass is 605 g/mol. The molecule has 3 rings (SSSR count). The van der Waals surface area contributed by atoms with Crippen molar-refractivity contribution in [1.82, 2.24) is 10.2 Å². The topological polar surface area (TPSA) is 86.8 Å². The number of sulfonamides is 1. The van der Waals surface area contributed by atoms with Gasteiger partial charge in [0, 0.05) is 22.6 Å². The molecular weight excluding hydrogens is 578 g/mol. The van der Waals surface area contributed by atoms with Gasteiger partial charge >= 0.3 is 0 Å². The number of rotatable bonds is 10. The van der Waals surface area contributed by atoms with Crippen molar-refractivity contribution < 1.29 is 18.0 Å². The molecule has 0 saturated carbocycles. The summed E-state index contributed by atoms with van der Waals surface area (Å²) in [6, 6.07) is 19.2. The van der Waals surface area contributed by atoms with E-state index in [0.717, 1.165) is 19.9 Å². The van der Waals surface area contributed by atoms with E-state index in [4.69, 9.17) is 11.6 Å². The molecule has 2 amide bonds. The number of benzene rings is 3. The molecule has 0 aliphatic carbocycles. The lowest BCUT2D eigenvalue weighted by atomic mass is 10.1. The summed E-state index contributed by atoms with van der Waals surface area (Å²) in [5.41, 5.74) is 2.00. The Labute approximate surface area is 231 Å². The van der Waals surface area contributed by atoms with E-state index in [0.29, 0.717) is 17.3 Å². The van der Waals surface area contributed by atoms with E-state index in [1.165, 1.54) is 17.0 Å². The molecule has 7 nitrogen and oxygen atoms in total. The fourth-order valence-electron chi connectivity index (χ4n) is 3.66. The van der Waals surface area contributed by atoms with E-state index in [-0.39, 0.29) is 17.3 Å². The maximum Gasteiger partial charge on any atom is 0.264 e. The van der Waals surface area contributed by atoms with Crippen molar-refractivity contribution in [2.45, 2.75) is 38.3 Å². The number of carbonyl (C=O) groups is 2. The molecule has 196 valence electrons. The lowest BCUT2D eigenvalue weighted by Crippen LogP contribution is -2.51. The van der Waals surface area contributed by atoms with Gasteiger partial charge in [-0.15, -0.1) is 0 Å². The minimum Gasteiger partial charge on any atom is -0.355 e. The molecule has 0 saturated heterocycles. The summed E-state index contributed by atoms with van der Waals surface area (Å²) in [4.78, 5) is 27.9. The van der Waals surface area contributed by atoms with Crippen LogP contribution in [0.5, 0.6) is 0 Å². The molecular formula is C27H29BrClN3O4S. The highest BCUT2D eigenvalue weighted by Crippen LogP contribution is 2.26. The molecule has 1 atom stereocenters. The highest BCUT2D eigenvalue weighted by atomic mass is 79.9. The van der Waals surface area contributed by atoms with Gasteiger partial charge in [0.1, 0.15) is 12.6 Å². The second kappa shape index (κ2) is 12.6. The number of likely N-dealkylation sites (N-methyl/N-ethyl adjacent to an activating group) is 1. The van der Waals surface area contributed by atoms with Crippen LogP contribution in [-0.4, -0.2) is 44.3 Å². The first-order valence-electron chi connectivity index (χ1n) is 11.7. The van der Waals surface area contributed by atoms with Gasteiger partial charge in [-0.1, -0.05) is 57.4 Å². The predicted octanol–water partition coefficient (Wildman–Crippen LogP) is 5.16. The largest absolute Gasteiger partial charge is 0.355 e. The molecule has 0 unspecified atom stereocenters. The van der Waals surface area contributed by atoms with Crippen molar-refractivity contribution >= 4 is 55.1 Å². The van der Waals surface area contributed by atoms with Gasteiger partial charge in [-0.2, -0.15) is 0 Å². The van der Waals surface area contributed by atoms with Crippen LogP contribution in [0.3, 0.4) is 0 Å². The molecule has 0 aliphatic rings. The molecule has 0 fully saturated rings. The fraction of sp³-hybridized carbons (Fsp3) is 0.259. The molecule has 0 spiro atoms. The number of halogens is 2. The minimum absolute atomic E-state index is 0.0647. The third-order valence-corrected chi connectivity index (χ3v) is 8.36. The van der Waals surface area contributed by atoms with E-state index >= 15 is 0 Å². The van der Waals surface area contributed by atoms with E-state index in [1.807, 2.05) is 6.92 Å². The lowest BCUT2D eigenvalue weighted by Gasteiger charge is -2.32. The smallest absolute Gasteiger partial charge is 0.264 e. The van der Waals surface area contributed by atoms with Crippen molar-refractivity contribution in [2.24, 2.45) is 0 Å². The molecule has 0 aromatic heterocycles. The van der Waals surface area contributed by atoms with Crippen LogP contribution < -0.4 is 9.62 Å². The Morgan fingerprint density at radius 1 is 0.973 bits per heavy atom. The summed E-state index contributed by atoms with van der Waals surface area (Å²) < 4.78 is 29.3. The molecule has 0 heterocycles. The van der Waals surface area contributed by atoms with Gasteiger partial charge in [0.05, 0.1) is 10.6 Å². The van der Waals surface area contributed by atoms with Gasteiger partial charge in [-0.3, -0.25) is 13.9 Å². The Morgan fingerprint density at radius 2 is 1.57 bits per heavy atom. The summed E-state index contributed by atoms with van der Waals surface area (Å²) in [5, 5.41) is 3.28. The predicted molar refractivity (Wildman–Crippen MR) is 150 cm³/mol. The Morgan fingerprint density at radius 3 is 2.14 bits per heavy atom. The van der Waals surface area contributed by atoms with Gasteiger partial charge in [-0.25, -0.2) is 8.42 Å². The Hall–Kier alpha value is -2.88. The number of nitrogens with one attached hydrogen (secondary N) is 1. The number of hydrogen-bond acceptors (Lipinski definition) is 4. The van der Waals surface area contributed by atoms with Crippen LogP contribution in [0.1, 0.15) is 25.0 Å². The first-order valence-corrected chi connectivity index (χ1v) is 14.3. The average molecular weight is 607 g/mol. The molecule has 1 N–H and O–H groups in total. The normalized spacial score (nSPS) is 12.0. The number of carbonyl (C=O) groups excluding carboxylic acids is 2. The van der Waals surface area contributed by atoms with Gasteiger partial charge in [-0.05, 0) is 74.9 Å².